The van der Waals surface area contributed by atoms with Crippen molar-refractivity contribution < 1.29 is 19.5 Å². The molecule has 3 amide bonds. The Morgan fingerprint density at radius 2 is 1.67 bits per heavy atom. The van der Waals surface area contributed by atoms with Crippen molar-refractivity contribution in [2.75, 3.05) is 32.7 Å². The molecule has 0 bridgehead atoms. The van der Waals surface area contributed by atoms with Crippen molar-refractivity contribution in [2.24, 2.45) is 0 Å². The van der Waals surface area contributed by atoms with Crippen molar-refractivity contribution in [1.82, 2.24) is 15.1 Å². The van der Waals surface area contributed by atoms with Gasteiger partial charge in [-0.1, -0.05) is 0 Å². The molecule has 0 aromatic rings. The highest BCUT2D eigenvalue weighted by atomic mass is 16.3. The quantitative estimate of drug-likeness (QED) is 0.570. The first kappa shape index (κ1) is 14.4. The fraction of sp³-hybridized carbons (Fsp3) is 0.727. The monoisotopic (exact) mass is 257 g/mol. The highest BCUT2D eigenvalue weighted by Gasteiger charge is 2.26. The van der Waals surface area contributed by atoms with Crippen molar-refractivity contribution in [2.45, 2.75) is 20.0 Å². The van der Waals surface area contributed by atoms with Crippen LogP contribution >= 0.6 is 0 Å². The van der Waals surface area contributed by atoms with Gasteiger partial charge in [0.2, 0.25) is 5.91 Å². The number of carbonyl (C=O) groups excluding carboxylic acids is 3. The average molecular weight is 257 g/mol. The largest absolute Gasteiger partial charge is 0.392 e. The summed E-state index contributed by atoms with van der Waals surface area (Å²) in [6.07, 6.45) is -0.684. The number of nitrogens with zero attached hydrogens (tertiary/aromatic N) is 2. The van der Waals surface area contributed by atoms with Crippen LogP contribution in [0.15, 0.2) is 0 Å². The molecule has 1 fully saturated rings. The molecule has 1 aliphatic heterocycles. The Labute approximate surface area is 106 Å². The minimum absolute atomic E-state index is 0.0272. The van der Waals surface area contributed by atoms with Crippen LogP contribution < -0.4 is 5.32 Å². The first-order valence-corrected chi connectivity index (χ1v) is 5.92. The van der Waals surface area contributed by atoms with Gasteiger partial charge in [0.15, 0.2) is 0 Å². The number of aliphatic hydroxyl groups is 1. The molecule has 7 heteroatoms. The fourth-order valence-electron chi connectivity index (χ4n) is 1.68. The van der Waals surface area contributed by atoms with Crippen molar-refractivity contribution >= 4 is 17.7 Å². The van der Waals surface area contributed by atoms with Crippen LogP contribution in [0.2, 0.25) is 0 Å². The molecule has 0 radical (unpaired) electrons. The summed E-state index contributed by atoms with van der Waals surface area (Å²) in [4.78, 5) is 37.3. The lowest BCUT2D eigenvalue weighted by Gasteiger charge is -2.33. The molecule has 0 spiro atoms. The Bertz CT molecular complexity index is 335. The smallest absolute Gasteiger partial charge is 0.312 e. The first-order chi connectivity index (χ1) is 8.41. The lowest BCUT2D eigenvalue weighted by molar-refractivity contribution is -0.148. The van der Waals surface area contributed by atoms with Crippen LogP contribution in [0.1, 0.15) is 13.8 Å². The van der Waals surface area contributed by atoms with Gasteiger partial charge in [0.1, 0.15) is 0 Å². The van der Waals surface area contributed by atoms with Crippen LogP contribution in [-0.4, -0.2) is 71.5 Å². The summed E-state index contributed by atoms with van der Waals surface area (Å²) in [7, 11) is 0. The predicted octanol–water partition coefficient (Wildman–Crippen LogP) is -1.83. The highest BCUT2D eigenvalue weighted by molar-refractivity contribution is 6.35. The molecular formula is C11H19N3O4. The maximum atomic E-state index is 11.7. The zero-order chi connectivity index (χ0) is 13.7. The van der Waals surface area contributed by atoms with E-state index in [1.807, 2.05) is 0 Å². The van der Waals surface area contributed by atoms with Gasteiger partial charge in [-0.25, -0.2) is 0 Å². The third kappa shape index (κ3) is 3.99. The van der Waals surface area contributed by atoms with Crippen molar-refractivity contribution in [1.29, 1.82) is 0 Å². The Morgan fingerprint density at radius 1 is 1.17 bits per heavy atom. The molecular weight excluding hydrogens is 238 g/mol. The number of aliphatic hydroxyl groups excluding tert-OH is 1. The minimum atomic E-state index is -0.716. The topological polar surface area (TPSA) is 90.0 Å². The Kier molecular flexibility index (Phi) is 5.08. The molecule has 1 saturated heterocycles. The van der Waals surface area contributed by atoms with Crippen molar-refractivity contribution in [3.63, 3.8) is 0 Å². The molecule has 0 aliphatic carbocycles. The average Bonchev–Trinajstić information content (AvgIpc) is 2.35. The van der Waals surface area contributed by atoms with E-state index in [0.717, 1.165) is 0 Å². The second-order valence-corrected chi connectivity index (χ2v) is 4.36. The van der Waals surface area contributed by atoms with Gasteiger partial charge in [-0.15, -0.1) is 0 Å². The molecule has 1 aliphatic rings. The van der Waals surface area contributed by atoms with Gasteiger partial charge in [-0.05, 0) is 6.92 Å². The van der Waals surface area contributed by atoms with Crippen LogP contribution in [0.4, 0.5) is 0 Å². The van der Waals surface area contributed by atoms with Crippen LogP contribution in [0.5, 0.6) is 0 Å². The van der Waals surface area contributed by atoms with E-state index in [1.165, 1.54) is 18.7 Å². The molecule has 1 rings (SSSR count). The summed E-state index contributed by atoms with van der Waals surface area (Å²) in [5.74, 6) is -1.35. The van der Waals surface area contributed by atoms with Gasteiger partial charge >= 0.3 is 11.8 Å². The molecule has 0 aromatic heterocycles. The minimum Gasteiger partial charge on any atom is -0.392 e. The van der Waals surface area contributed by atoms with E-state index < -0.39 is 17.9 Å². The fourth-order valence-corrected chi connectivity index (χ4v) is 1.68. The second kappa shape index (κ2) is 6.34. The van der Waals surface area contributed by atoms with E-state index >= 15 is 0 Å². The molecule has 1 heterocycles. The van der Waals surface area contributed by atoms with E-state index in [9.17, 15) is 14.4 Å². The third-order valence-corrected chi connectivity index (χ3v) is 2.76. The Morgan fingerprint density at radius 3 is 2.11 bits per heavy atom. The molecule has 2 N–H and O–H groups in total. The standard InChI is InChI=1S/C11H19N3O4/c1-8(15)7-12-10(17)11(18)14-5-3-13(4-6-14)9(2)16/h8,15H,3-7H2,1-2H3,(H,12,17). The van der Waals surface area contributed by atoms with Crippen LogP contribution in [-0.2, 0) is 14.4 Å². The van der Waals surface area contributed by atoms with E-state index in [1.54, 1.807) is 4.90 Å². The molecule has 102 valence electrons. The van der Waals surface area contributed by atoms with Gasteiger partial charge in [0.05, 0.1) is 6.10 Å². The summed E-state index contributed by atoms with van der Waals surface area (Å²) in [6.45, 7) is 4.68. The number of rotatable bonds is 2. The molecule has 0 aromatic carbocycles. The first-order valence-electron chi connectivity index (χ1n) is 5.92. The van der Waals surface area contributed by atoms with E-state index in [4.69, 9.17) is 5.11 Å². The molecule has 1 unspecified atom stereocenters. The van der Waals surface area contributed by atoms with Gasteiger partial charge < -0.3 is 20.2 Å². The maximum absolute atomic E-state index is 11.7. The summed E-state index contributed by atoms with van der Waals surface area (Å²) in [5, 5.41) is 11.4. The van der Waals surface area contributed by atoms with E-state index in [-0.39, 0.29) is 12.5 Å². The second-order valence-electron chi connectivity index (χ2n) is 4.36. The maximum Gasteiger partial charge on any atom is 0.312 e. The third-order valence-electron chi connectivity index (χ3n) is 2.76. The number of hydrogen-bond donors (Lipinski definition) is 2. The Balaban J connectivity index is 2.40. The van der Waals surface area contributed by atoms with Gasteiger partial charge in [-0.2, -0.15) is 0 Å². The van der Waals surface area contributed by atoms with E-state index in [2.05, 4.69) is 5.32 Å². The van der Waals surface area contributed by atoms with Crippen LogP contribution in [0.25, 0.3) is 0 Å². The molecule has 7 nitrogen and oxygen atoms in total. The van der Waals surface area contributed by atoms with Gasteiger partial charge in [-0.3, -0.25) is 14.4 Å². The number of hydrogen-bond acceptors (Lipinski definition) is 4. The highest BCUT2D eigenvalue weighted by Crippen LogP contribution is 2.02. The van der Waals surface area contributed by atoms with Gasteiger partial charge in [0, 0.05) is 39.6 Å². The van der Waals surface area contributed by atoms with Crippen molar-refractivity contribution in [3.05, 3.63) is 0 Å². The normalized spacial score (nSPS) is 17.3. The molecule has 0 saturated carbocycles. The van der Waals surface area contributed by atoms with Gasteiger partial charge in [0.25, 0.3) is 0 Å². The van der Waals surface area contributed by atoms with Crippen LogP contribution in [0.3, 0.4) is 0 Å². The summed E-state index contributed by atoms with van der Waals surface area (Å²) in [5.41, 5.74) is 0. The zero-order valence-electron chi connectivity index (χ0n) is 10.7. The Hall–Kier alpha value is -1.63. The van der Waals surface area contributed by atoms with Crippen LogP contribution in [0, 0.1) is 0 Å². The molecule has 1 atom stereocenters. The number of piperazine rings is 1. The number of carbonyl (C=O) groups is 3. The zero-order valence-corrected chi connectivity index (χ0v) is 10.7. The summed E-state index contributed by atoms with van der Waals surface area (Å²) < 4.78 is 0. The summed E-state index contributed by atoms with van der Waals surface area (Å²) in [6, 6.07) is 0. The number of amides is 3. The molecule has 18 heavy (non-hydrogen) atoms. The SMILES string of the molecule is CC(=O)N1CCN(C(=O)C(=O)NCC(C)O)CC1. The predicted molar refractivity (Wildman–Crippen MR) is 63.5 cm³/mol. The lowest BCUT2D eigenvalue weighted by Crippen LogP contribution is -2.53. The lowest BCUT2D eigenvalue weighted by atomic mass is 10.3. The van der Waals surface area contributed by atoms with E-state index in [0.29, 0.717) is 26.2 Å². The number of nitrogens with one attached hydrogen (secondary N) is 1. The summed E-state index contributed by atoms with van der Waals surface area (Å²) >= 11 is 0. The van der Waals surface area contributed by atoms with Crippen molar-refractivity contribution in [3.8, 4) is 0 Å².